The molecule has 2 nitrogen and oxygen atoms in total. The van der Waals surface area contributed by atoms with Crippen LogP contribution in [0.5, 0.6) is 0 Å². The molecule has 0 aromatic carbocycles. The third kappa shape index (κ3) is 2.65. The second-order valence-electron chi connectivity index (χ2n) is 1.98. The molecule has 0 spiro atoms. The van der Waals surface area contributed by atoms with Gasteiger partial charge in [0.15, 0.2) is 5.78 Å². The van der Waals surface area contributed by atoms with Crippen molar-refractivity contribution in [3.8, 4) is 12.3 Å². The van der Waals surface area contributed by atoms with E-state index in [2.05, 4.69) is 11.2 Å². The van der Waals surface area contributed by atoms with Crippen LogP contribution >= 0.6 is 0 Å². The predicted molar refractivity (Wildman–Crippen MR) is 41.6 cm³/mol. The lowest BCUT2D eigenvalue weighted by Crippen LogP contribution is -2.34. The Bertz CT molecular complexity index is 146. The van der Waals surface area contributed by atoms with E-state index in [0.29, 0.717) is 6.42 Å². The highest BCUT2D eigenvalue weighted by molar-refractivity contribution is 5.86. The number of ketones is 1. The molecule has 0 aliphatic heterocycles. The molecule has 10 heavy (non-hydrogen) atoms. The van der Waals surface area contributed by atoms with E-state index in [1.165, 1.54) is 0 Å². The lowest BCUT2D eigenvalue weighted by Gasteiger charge is -2.07. The Kier molecular flexibility index (Phi) is 4.61. The molecule has 0 aromatic rings. The van der Waals surface area contributed by atoms with Crippen LogP contribution in [0.25, 0.3) is 0 Å². The summed E-state index contributed by atoms with van der Waals surface area (Å²) in [5, 5.41) is 2.90. The Morgan fingerprint density at radius 3 is 2.60 bits per heavy atom. The van der Waals surface area contributed by atoms with Gasteiger partial charge >= 0.3 is 0 Å². The number of carbonyl (C=O) groups excluding carboxylic acids is 1. The molecule has 1 unspecified atom stereocenters. The Morgan fingerprint density at radius 2 is 2.30 bits per heavy atom. The molecule has 0 amide bonds. The fourth-order valence-electron chi connectivity index (χ4n) is 0.674. The van der Waals surface area contributed by atoms with Crippen LogP contribution in [-0.4, -0.2) is 18.4 Å². The molecule has 0 saturated heterocycles. The molecular formula is C8H13NO. The third-order valence-electron chi connectivity index (χ3n) is 1.25. The molecule has 0 rings (SSSR count). The molecule has 56 valence electrons. The standard InChI is InChI=1S/C8H13NO/c1-4-7(9-6-3)8(10)5-2/h1,7,9H,5-6H2,2-3H3. The van der Waals surface area contributed by atoms with Gasteiger partial charge in [0, 0.05) is 6.42 Å². The molecular weight excluding hydrogens is 126 g/mol. The fraction of sp³-hybridized carbons (Fsp3) is 0.625. The van der Waals surface area contributed by atoms with Gasteiger partial charge in [-0.25, -0.2) is 0 Å². The van der Waals surface area contributed by atoms with Gasteiger partial charge in [-0.05, 0) is 6.54 Å². The third-order valence-corrected chi connectivity index (χ3v) is 1.25. The molecule has 1 atom stereocenters. The van der Waals surface area contributed by atoms with Gasteiger partial charge in [0.05, 0.1) is 0 Å². The van der Waals surface area contributed by atoms with Crippen molar-refractivity contribution in [2.75, 3.05) is 6.54 Å². The Balaban J connectivity index is 3.84. The van der Waals surface area contributed by atoms with E-state index in [0.717, 1.165) is 6.54 Å². The van der Waals surface area contributed by atoms with Crippen LogP contribution in [0.15, 0.2) is 0 Å². The molecule has 2 heteroatoms. The van der Waals surface area contributed by atoms with E-state index in [-0.39, 0.29) is 11.8 Å². The van der Waals surface area contributed by atoms with Gasteiger partial charge in [-0.3, -0.25) is 10.1 Å². The summed E-state index contributed by atoms with van der Waals surface area (Å²) in [4.78, 5) is 10.9. The normalized spacial score (nSPS) is 12.1. The minimum atomic E-state index is -0.380. The highest BCUT2D eigenvalue weighted by atomic mass is 16.1. The van der Waals surface area contributed by atoms with Crippen LogP contribution in [0.3, 0.4) is 0 Å². The van der Waals surface area contributed by atoms with Gasteiger partial charge < -0.3 is 0 Å². The SMILES string of the molecule is C#CC(NCC)C(=O)CC. The topological polar surface area (TPSA) is 29.1 Å². The van der Waals surface area contributed by atoms with Crippen LogP contribution in [0, 0.1) is 12.3 Å². The molecule has 1 N–H and O–H groups in total. The van der Waals surface area contributed by atoms with Crippen LogP contribution in [0.4, 0.5) is 0 Å². The number of hydrogen-bond acceptors (Lipinski definition) is 2. The van der Waals surface area contributed by atoms with Gasteiger partial charge in [-0.15, -0.1) is 6.42 Å². The largest absolute Gasteiger partial charge is 0.298 e. The lowest BCUT2D eigenvalue weighted by molar-refractivity contribution is -0.119. The highest BCUT2D eigenvalue weighted by Crippen LogP contribution is 1.88. The van der Waals surface area contributed by atoms with Crippen molar-refractivity contribution in [3.05, 3.63) is 0 Å². The number of nitrogens with one attached hydrogen (secondary N) is 1. The van der Waals surface area contributed by atoms with E-state index < -0.39 is 0 Å². The van der Waals surface area contributed by atoms with E-state index in [1.807, 2.05) is 13.8 Å². The first-order valence-electron chi connectivity index (χ1n) is 3.48. The second kappa shape index (κ2) is 5.01. The van der Waals surface area contributed by atoms with Gasteiger partial charge in [-0.1, -0.05) is 19.8 Å². The highest BCUT2D eigenvalue weighted by Gasteiger charge is 2.10. The van der Waals surface area contributed by atoms with Gasteiger partial charge in [0.25, 0.3) is 0 Å². The van der Waals surface area contributed by atoms with E-state index in [1.54, 1.807) is 0 Å². The zero-order valence-corrected chi connectivity index (χ0v) is 6.48. The number of hydrogen-bond donors (Lipinski definition) is 1. The molecule has 0 saturated carbocycles. The molecule has 0 bridgehead atoms. The maximum Gasteiger partial charge on any atom is 0.161 e. The van der Waals surface area contributed by atoms with Crippen molar-refractivity contribution >= 4 is 5.78 Å². The molecule has 0 aliphatic carbocycles. The van der Waals surface area contributed by atoms with Crippen molar-refractivity contribution in [1.82, 2.24) is 5.32 Å². The Labute approximate surface area is 62.0 Å². The van der Waals surface area contributed by atoms with E-state index >= 15 is 0 Å². The number of rotatable bonds is 4. The maximum atomic E-state index is 10.9. The van der Waals surface area contributed by atoms with Crippen LogP contribution in [-0.2, 0) is 4.79 Å². The number of likely N-dealkylation sites (N-methyl/N-ethyl adjacent to an activating group) is 1. The lowest BCUT2D eigenvalue weighted by atomic mass is 10.1. The summed E-state index contributed by atoms with van der Waals surface area (Å²) >= 11 is 0. The van der Waals surface area contributed by atoms with Crippen LogP contribution in [0.1, 0.15) is 20.3 Å². The summed E-state index contributed by atoms with van der Waals surface area (Å²) < 4.78 is 0. The van der Waals surface area contributed by atoms with Crippen molar-refractivity contribution < 1.29 is 4.79 Å². The number of terminal acetylenes is 1. The average Bonchev–Trinajstić information content (AvgIpc) is 1.99. The van der Waals surface area contributed by atoms with Gasteiger partial charge in [0.1, 0.15) is 6.04 Å². The average molecular weight is 139 g/mol. The Morgan fingerprint density at radius 1 is 1.70 bits per heavy atom. The minimum absolute atomic E-state index is 0.0874. The first kappa shape index (κ1) is 9.19. The summed E-state index contributed by atoms with van der Waals surface area (Å²) in [5.41, 5.74) is 0. The molecule has 0 aliphatic rings. The minimum Gasteiger partial charge on any atom is -0.298 e. The summed E-state index contributed by atoms with van der Waals surface area (Å²) in [6.07, 6.45) is 5.60. The fourth-order valence-corrected chi connectivity index (χ4v) is 0.674. The number of Topliss-reactive ketones (excluding diaryl/α,β-unsaturated/α-hetero) is 1. The van der Waals surface area contributed by atoms with Crippen LogP contribution in [0.2, 0.25) is 0 Å². The summed E-state index contributed by atoms with van der Waals surface area (Å²) in [6.45, 7) is 4.47. The van der Waals surface area contributed by atoms with Crippen molar-refractivity contribution in [2.45, 2.75) is 26.3 Å². The first-order chi connectivity index (χ1) is 4.76. The smallest absolute Gasteiger partial charge is 0.161 e. The van der Waals surface area contributed by atoms with Gasteiger partial charge in [-0.2, -0.15) is 0 Å². The quantitative estimate of drug-likeness (QED) is 0.577. The van der Waals surface area contributed by atoms with Crippen molar-refractivity contribution in [2.24, 2.45) is 0 Å². The molecule has 0 radical (unpaired) electrons. The monoisotopic (exact) mass is 139 g/mol. The van der Waals surface area contributed by atoms with Crippen molar-refractivity contribution in [3.63, 3.8) is 0 Å². The van der Waals surface area contributed by atoms with E-state index in [4.69, 9.17) is 6.42 Å². The second-order valence-corrected chi connectivity index (χ2v) is 1.98. The molecule has 0 aromatic heterocycles. The summed E-state index contributed by atoms with van der Waals surface area (Å²) in [6, 6.07) is -0.380. The zero-order valence-electron chi connectivity index (χ0n) is 6.48. The van der Waals surface area contributed by atoms with Crippen LogP contribution < -0.4 is 5.32 Å². The molecule has 0 fully saturated rings. The van der Waals surface area contributed by atoms with Crippen molar-refractivity contribution in [1.29, 1.82) is 0 Å². The first-order valence-corrected chi connectivity index (χ1v) is 3.48. The maximum absolute atomic E-state index is 10.9. The van der Waals surface area contributed by atoms with E-state index in [9.17, 15) is 4.79 Å². The predicted octanol–water partition coefficient (Wildman–Crippen LogP) is 0.577. The molecule has 0 heterocycles. The number of carbonyl (C=O) groups is 1. The Hall–Kier alpha value is -0.810. The zero-order chi connectivity index (χ0) is 7.98. The summed E-state index contributed by atoms with van der Waals surface area (Å²) in [7, 11) is 0. The van der Waals surface area contributed by atoms with Gasteiger partial charge in [0.2, 0.25) is 0 Å². The summed E-state index contributed by atoms with van der Waals surface area (Å²) in [5.74, 6) is 2.48.